The van der Waals surface area contributed by atoms with Gasteiger partial charge in [-0.05, 0) is 12.8 Å². The summed E-state index contributed by atoms with van der Waals surface area (Å²) in [5, 5.41) is 10.7. The SMILES string of the molecule is COC(=O)CNC(=O)CCCCC(=O)O. The van der Waals surface area contributed by atoms with Gasteiger partial charge in [0.25, 0.3) is 0 Å². The molecule has 0 saturated carbocycles. The average Bonchev–Trinajstić information content (AvgIpc) is 2.20. The van der Waals surface area contributed by atoms with Crippen molar-refractivity contribution in [1.29, 1.82) is 0 Å². The van der Waals surface area contributed by atoms with Crippen LogP contribution in [0.4, 0.5) is 0 Å². The van der Waals surface area contributed by atoms with Crippen molar-refractivity contribution in [2.45, 2.75) is 25.7 Å². The molecule has 0 aromatic rings. The minimum absolute atomic E-state index is 0.0598. The molecule has 0 aromatic heterocycles. The van der Waals surface area contributed by atoms with E-state index in [2.05, 4.69) is 10.1 Å². The van der Waals surface area contributed by atoms with Crippen LogP contribution in [0.2, 0.25) is 0 Å². The minimum atomic E-state index is -0.870. The Balaban J connectivity index is 3.41. The summed E-state index contributed by atoms with van der Waals surface area (Å²) in [5.41, 5.74) is 0. The lowest BCUT2D eigenvalue weighted by molar-refractivity contribution is -0.141. The van der Waals surface area contributed by atoms with E-state index in [1.165, 1.54) is 7.11 Å². The number of rotatable bonds is 7. The van der Waals surface area contributed by atoms with Gasteiger partial charge in [0.05, 0.1) is 7.11 Å². The van der Waals surface area contributed by atoms with Crippen LogP contribution in [0.1, 0.15) is 25.7 Å². The van der Waals surface area contributed by atoms with Gasteiger partial charge in [0.2, 0.25) is 5.91 Å². The molecule has 0 heterocycles. The first-order chi connectivity index (χ1) is 7.06. The van der Waals surface area contributed by atoms with E-state index in [4.69, 9.17) is 5.11 Å². The van der Waals surface area contributed by atoms with Crippen molar-refractivity contribution >= 4 is 17.8 Å². The highest BCUT2D eigenvalue weighted by molar-refractivity contribution is 5.81. The van der Waals surface area contributed by atoms with Crippen LogP contribution in [0.3, 0.4) is 0 Å². The van der Waals surface area contributed by atoms with E-state index in [1.807, 2.05) is 0 Å². The molecular weight excluding hydrogens is 202 g/mol. The van der Waals surface area contributed by atoms with Crippen LogP contribution in [-0.2, 0) is 19.1 Å². The van der Waals surface area contributed by atoms with Crippen LogP contribution in [0.5, 0.6) is 0 Å². The summed E-state index contributed by atoms with van der Waals surface area (Å²) in [6.07, 6.45) is 1.24. The van der Waals surface area contributed by atoms with Crippen molar-refractivity contribution in [3.05, 3.63) is 0 Å². The van der Waals surface area contributed by atoms with E-state index in [0.717, 1.165) is 0 Å². The van der Waals surface area contributed by atoms with Gasteiger partial charge in [-0.15, -0.1) is 0 Å². The quantitative estimate of drug-likeness (QED) is 0.459. The number of hydrogen-bond donors (Lipinski definition) is 2. The second-order valence-corrected chi connectivity index (χ2v) is 2.95. The Morgan fingerprint density at radius 1 is 1.20 bits per heavy atom. The van der Waals surface area contributed by atoms with Crippen molar-refractivity contribution in [2.24, 2.45) is 0 Å². The third kappa shape index (κ3) is 8.73. The summed E-state index contributed by atoms with van der Waals surface area (Å²) in [6, 6.07) is 0. The van der Waals surface area contributed by atoms with Crippen LogP contribution < -0.4 is 5.32 Å². The molecule has 0 aromatic carbocycles. The van der Waals surface area contributed by atoms with Gasteiger partial charge in [-0.3, -0.25) is 14.4 Å². The number of hydrogen-bond acceptors (Lipinski definition) is 4. The smallest absolute Gasteiger partial charge is 0.325 e. The van der Waals surface area contributed by atoms with E-state index in [9.17, 15) is 14.4 Å². The van der Waals surface area contributed by atoms with Crippen molar-refractivity contribution in [3.8, 4) is 0 Å². The zero-order chi connectivity index (χ0) is 11.7. The number of methoxy groups -OCH3 is 1. The molecule has 86 valence electrons. The fourth-order valence-electron chi connectivity index (χ4n) is 0.893. The number of ether oxygens (including phenoxy) is 1. The summed E-state index contributed by atoms with van der Waals surface area (Å²) in [7, 11) is 1.24. The Hall–Kier alpha value is -1.59. The summed E-state index contributed by atoms with van der Waals surface area (Å²) in [6.45, 7) is -0.145. The molecule has 6 heteroatoms. The third-order valence-electron chi connectivity index (χ3n) is 1.70. The maximum atomic E-state index is 11.0. The Bertz CT molecular complexity index is 239. The third-order valence-corrected chi connectivity index (χ3v) is 1.70. The predicted octanol–water partition coefficient (Wildman–Crippen LogP) is -0.0794. The van der Waals surface area contributed by atoms with Crippen LogP contribution in [0.15, 0.2) is 0 Å². The number of amides is 1. The summed E-state index contributed by atoms with van der Waals surface area (Å²) < 4.78 is 4.33. The van der Waals surface area contributed by atoms with Gasteiger partial charge in [-0.1, -0.05) is 0 Å². The standard InChI is InChI=1S/C9H15NO5/c1-15-9(14)6-10-7(11)4-2-3-5-8(12)13/h2-6H2,1H3,(H,10,11)(H,12,13). The van der Waals surface area contributed by atoms with E-state index < -0.39 is 11.9 Å². The zero-order valence-corrected chi connectivity index (χ0v) is 8.62. The van der Waals surface area contributed by atoms with Gasteiger partial charge in [0.1, 0.15) is 6.54 Å². The second kappa shape index (κ2) is 7.78. The van der Waals surface area contributed by atoms with Gasteiger partial charge in [0.15, 0.2) is 0 Å². The first-order valence-electron chi connectivity index (χ1n) is 4.61. The highest BCUT2D eigenvalue weighted by Gasteiger charge is 2.05. The number of aliphatic carboxylic acids is 1. The summed E-state index contributed by atoms with van der Waals surface area (Å²) in [4.78, 5) is 31.8. The van der Waals surface area contributed by atoms with Gasteiger partial charge in [-0.25, -0.2) is 0 Å². The van der Waals surface area contributed by atoms with Crippen LogP contribution >= 0.6 is 0 Å². The molecule has 0 aliphatic heterocycles. The molecule has 0 bridgehead atoms. The van der Waals surface area contributed by atoms with Gasteiger partial charge in [-0.2, -0.15) is 0 Å². The molecule has 15 heavy (non-hydrogen) atoms. The lowest BCUT2D eigenvalue weighted by Gasteiger charge is -2.02. The molecule has 0 saturated heterocycles. The number of unbranched alkanes of at least 4 members (excludes halogenated alkanes) is 1. The highest BCUT2D eigenvalue weighted by atomic mass is 16.5. The van der Waals surface area contributed by atoms with Crippen LogP contribution in [-0.4, -0.2) is 36.6 Å². The van der Waals surface area contributed by atoms with Gasteiger partial charge in [0, 0.05) is 12.8 Å². The molecule has 6 nitrogen and oxygen atoms in total. The normalized spacial score (nSPS) is 9.40. The average molecular weight is 217 g/mol. The second-order valence-electron chi connectivity index (χ2n) is 2.95. The molecule has 0 atom stereocenters. The molecule has 0 aliphatic carbocycles. The Labute approximate surface area is 87.6 Å². The Kier molecular flexibility index (Phi) is 6.96. The van der Waals surface area contributed by atoms with E-state index in [-0.39, 0.29) is 25.3 Å². The first-order valence-corrected chi connectivity index (χ1v) is 4.61. The molecule has 0 spiro atoms. The molecule has 0 radical (unpaired) electrons. The number of carboxylic acid groups (broad SMARTS) is 1. The largest absolute Gasteiger partial charge is 0.481 e. The predicted molar refractivity (Wildman–Crippen MR) is 51.1 cm³/mol. The van der Waals surface area contributed by atoms with Gasteiger partial charge >= 0.3 is 11.9 Å². The number of carbonyl (C=O) groups excluding carboxylic acids is 2. The molecule has 2 N–H and O–H groups in total. The Morgan fingerprint density at radius 2 is 1.80 bits per heavy atom. The van der Waals surface area contributed by atoms with E-state index in [0.29, 0.717) is 12.8 Å². The lowest BCUT2D eigenvalue weighted by atomic mass is 10.2. The monoisotopic (exact) mass is 217 g/mol. The topological polar surface area (TPSA) is 92.7 Å². The molecule has 0 fully saturated rings. The maximum Gasteiger partial charge on any atom is 0.325 e. The van der Waals surface area contributed by atoms with Crippen molar-refractivity contribution in [2.75, 3.05) is 13.7 Å². The van der Waals surface area contributed by atoms with Crippen molar-refractivity contribution in [3.63, 3.8) is 0 Å². The fraction of sp³-hybridized carbons (Fsp3) is 0.667. The van der Waals surface area contributed by atoms with Gasteiger partial charge < -0.3 is 15.2 Å². The number of carbonyl (C=O) groups is 3. The molecule has 1 amide bonds. The lowest BCUT2D eigenvalue weighted by Crippen LogP contribution is -2.29. The van der Waals surface area contributed by atoms with Crippen molar-refractivity contribution < 1.29 is 24.2 Å². The summed E-state index contributed by atoms with van der Waals surface area (Å²) in [5.74, 6) is -1.65. The maximum absolute atomic E-state index is 11.0. The molecule has 0 rings (SSSR count). The molecule has 0 unspecified atom stereocenters. The Morgan fingerprint density at radius 3 is 2.33 bits per heavy atom. The zero-order valence-electron chi connectivity index (χ0n) is 8.62. The minimum Gasteiger partial charge on any atom is -0.481 e. The molecular formula is C9H15NO5. The fourth-order valence-corrected chi connectivity index (χ4v) is 0.893. The first kappa shape index (κ1) is 13.4. The number of nitrogens with one attached hydrogen (secondary N) is 1. The summed E-state index contributed by atoms with van der Waals surface area (Å²) >= 11 is 0. The van der Waals surface area contributed by atoms with E-state index >= 15 is 0 Å². The van der Waals surface area contributed by atoms with E-state index in [1.54, 1.807) is 0 Å². The van der Waals surface area contributed by atoms with Crippen molar-refractivity contribution in [1.82, 2.24) is 5.32 Å². The highest BCUT2D eigenvalue weighted by Crippen LogP contribution is 1.99. The number of esters is 1. The number of carboxylic acids is 1. The van der Waals surface area contributed by atoms with Crippen LogP contribution in [0.25, 0.3) is 0 Å². The molecule has 0 aliphatic rings. The van der Waals surface area contributed by atoms with Crippen LogP contribution in [0, 0.1) is 0 Å².